The fourth-order valence-corrected chi connectivity index (χ4v) is 3.00. The third kappa shape index (κ3) is 3.49. The van der Waals surface area contributed by atoms with Gasteiger partial charge in [0.15, 0.2) is 9.84 Å². The number of rotatable bonds is 4. The van der Waals surface area contributed by atoms with Gasteiger partial charge in [0.2, 0.25) is 0 Å². The zero-order chi connectivity index (χ0) is 13.2. The van der Waals surface area contributed by atoms with Crippen molar-refractivity contribution in [3.63, 3.8) is 0 Å². The predicted octanol–water partition coefficient (Wildman–Crippen LogP) is 0.345. The minimum Gasteiger partial charge on any atom is -0.319 e. The van der Waals surface area contributed by atoms with E-state index in [1.54, 1.807) is 6.20 Å². The van der Waals surface area contributed by atoms with Gasteiger partial charge in [-0.05, 0) is 44.3 Å². The second kappa shape index (κ2) is 5.32. The number of nitrogens with one attached hydrogen (secondary N) is 1. The number of sulfone groups is 1. The van der Waals surface area contributed by atoms with Crippen LogP contribution in [0.4, 0.5) is 0 Å². The van der Waals surface area contributed by atoms with Gasteiger partial charge in [0.1, 0.15) is 11.6 Å². The number of nitrogens with zero attached hydrogens (tertiary/aromatic N) is 2. The quantitative estimate of drug-likeness (QED) is 0.853. The molecule has 6 heteroatoms. The smallest absolute Gasteiger partial charge is 0.154 e. The van der Waals surface area contributed by atoms with E-state index in [4.69, 9.17) is 0 Å². The maximum absolute atomic E-state index is 11.2. The lowest BCUT2D eigenvalue weighted by atomic mass is 9.87. The second-order valence-electron chi connectivity index (χ2n) is 4.99. The Morgan fingerprint density at radius 1 is 1.50 bits per heavy atom. The summed E-state index contributed by atoms with van der Waals surface area (Å²) >= 11 is 0. The van der Waals surface area contributed by atoms with Crippen molar-refractivity contribution in [1.82, 2.24) is 15.3 Å². The number of fused-ring (bicyclic) bond motifs is 1. The minimum absolute atomic E-state index is 0.0692. The van der Waals surface area contributed by atoms with Crippen molar-refractivity contribution in [2.45, 2.75) is 25.0 Å². The maximum Gasteiger partial charge on any atom is 0.154 e. The van der Waals surface area contributed by atoms with Crippen molar-refractivity contribution in [3.8, 4) is 0 Å². The van der Waals surface area contributed by atoms with Gasteiger partial charge in [-0.15, -0.1) is 0 Å². The molecule has 0 bridgehead atoms. The van der Waals surface area contributed by atoms with Gasteiger partial charge in [0.05, 0.1) is 0 Å². The number of hydrogen-bond acceptors (Lipinski definition) is 5. The lowest BCUT2D eigenvalue weighted by molar-refractivity contribution is 0.433. The van der Waals surface area contributed by atoms with Crippen LogP contribution in [0.25, 0.3) is 0 Å². The first-order valence-electron chi connectivity index (χ1n) is 6.14. The molecule has 0 saturated carbocycles. The molecule has 100 valence electrons. The minimum atomic E-state index is -3.06. The molecule has 0 spiro atoms. The van der Waals surface area contributed by atoms with Gasteiger partial charge in [0, 0.05) is 18.1 Å². The van der Waals surface area contributed by atoms with Crippen LogP contribution in [0.1, 0.15) is 23.5 Å². The van der Waals surface area contributed by atoms with Crippen molar-refractivity contribution in [2.75, 3.05) is 19.8 Å². The van der Waals surface area contributed by atoms with E-state index in [2.05, 4.69) is 15.3 Å². The summed E-state index contributed by atoms with van der Waals surface area (Å²) in [5.41, 5.74) is 2.19. The van der Waals surface area contributed by atoms with Crippen LogP contribution in [0.3, 0.4) is 0 Å². The first-order valence-corrected chi connectivity index (χ1v) is 8.20. The molecule has 0 radical (unpaired) electrons. The number of hydrogen-bond donors (Lipinski definition) is 1. The Morgan fingerprint density at radius 3 is 2.94 bits per heavy atom. The molecular weight excluding hydrogens is 250 g/mol. The fourth-order valence-electron chi connectivity index (χ4n) is 2.39. The topological polar surface area (TPSA) is 72.0 Å². The molecule has 5 nitrogen and oxygen atoms in total. The van der Waals surface area contributed by atoms with E-state index in [0.717, 1.165) is 31.5 Å². The Bertz CT molecular complexity index is 528. The third-order valence-corrected chi connectivity index (χ3v) is 3.97. The summed E-state index contributed by atoms with van der Waals surface area (Å²) in [6.07, 6.45) is 6.00. The highest BCUT2D eigenvalue weighted by Crippen LogP contribution is 2.23. The molecule has 1 aliphatic rings. The van der Waals surface area contributed by atoms with Crippen LogP contribution in [-0.2, 0) is 28.4 Å². The van der Waals surface area contributed by atoms with Crippen LogP contribution < -0.4 is 5.32 Å². The van der Waals surface area contributed by atoms with Crippen molar-refractivity contribution >= 4 is 9.84 Å². The summed E-state index contributed by atoms with van der Waals surface area (Å²) in [5.74, 6) is 0.982. The van der Waals surface area contributed by atoms with Crippen LogP contribution in [0.2, 0.25) is 0 Å². The molecule has 0 amide bonds. The largest absolute Gasteiger partial charge is 0.319 e. The Hall–Kier alpha value is -1.01. The SMILES string of the molecule is CNCC1CCc2nc(CS(C)(=O)=O)ncc2C1. The summed E-state index contributed by atoms with van der Waals surface area (Å²) in [4.78, 5) is 8.54. The standard InChI is InChI=1S/C12H19N3O2S/c1-13-6-9-3-4-11-10(5-9)7-14-12(15-11)8-18(2,16)17/h7,9,13H,3-6,8H2,1-2H3. The van der Waals surface area contributed by atoms with Crippen molar-refractivity contribution < 1.29 is 8.42 Å². The van der Waals surface area contributed by atoms with E-state index in [1.165, 1.54) is 11.8 Å². The molecule has 1 atom stereocenters. The molecular formula is C12H19N3O2S. The Kier molecular flexibility index (Phi) is 3.97. The van der Waals surface area contributed by atoms with Crippen LogP contribution in [0, 0.1) is 5.92 Å². The molecule has 1 heterocycles. The molecule has 0 aromatic carbocycles. The summed E-state index contributed by atoms with van der Waals surface area (Å²) in [6.45, 7) is 1.00. The molecule has 0 saturated heterocycles. The lowest BCUT2D eigenvalue weighted by Crippen LogP contribution is -2.26. The van der Waals surface area contributed by atoms with Crippen LogP contribution in [0.5, 0.6) is 0 Å². The maximum atomic E-state index is 11.2. The Morgan fingerprint density at radius 2 is 2.28 bits per heavy atom. The molecule has 18 heavy (non-hydrogen) atoms. The second-order valence-corrected chi connectivity index (χ2v) is 7.13. The summed E-state index contributed by atoms with van der Waals surface area (Å²) < 4.78 is 22.4. The van der Waals surface area contributed by atoms with Crippen molar-refractivity contribution in [1.29, 1.82) is 0 Å². The van der Waals surface area contributed by atoms with Crippen LogP contribution in [-0.4, -0.2) is 38.2 Å². The highest BCUT2D eigenvalue weighted by Gasteiger charge is 2.20. The van der Waals surface area contributed by atoms with Gasteiger partial charge >= 0.3 is 0 Å². The van der Waals surface area contributed by atoms with Crippen LogP contribution >= 0.6 is 0 Å². The van der Waals surface area contributed by atoms with E-state index in [1.807, 2.05) is 7.05 Å². The molecule has 0 fully saturated rings. The summed E-state index contributed by atoms with van der Waals surface area (Å²) in [5, 5.41) is 3.19. The van der Waals surface area contributed by atoms with E-state index < -0.39 is 9.84 Å². The van der Waals surface area contributed by atoms with Gasteiger partial charge in [-0.3, -0.25) is 0 Å². The monoisotopic (exact) mass is 269 g/mol. The van der Waals surface area contributed by atoms with E-state index in [-0.39, 0.29) is 5.75 Å². The first-order chi connectivity index (χ1) is 8.48. The zero-order valence-electron chi connectivity index (χ0n) is 10.8. The van der Waals surface area contributed by atoms with Gasteiger partial charge in [-0.25, -0.2) is 18.4 Å². The Labute approximate surface area is 108 Å². The first kappa shape index (κ1) is 13.4. The van der Waals surface area contributed by atoms with Crippen LogP contribution in [0.15, 0.2) is 6.20 Å². The summed E-state index contributed by atoms with van der Waals surface area (Å²) in [7, 11) is -1.10. The molecule has 1 aromatic heterocycles. The van der Waals surface area contributed by atoms with E-state index in [0.29, 0.717) is 11.7 Å². The van der Waals surface area contributed by atoms with E-state index >= 15 is 0 Å². The molecule has 1 unspecified atom stereocenters. The molecule has 1 N–H and O–H groups in total. The predicted molar refractivity (Wildman–Crippen MR) is 70.0 cm³/mol. The molecule has 0 aliphatic heterocycles. The number of aromatic nitrogens is 2. The molecule has 1 aliphatic carbocycles. The lowest BCUT2D eigenvalue weighted by Gasteiger charge is -2.23. The average molecular weight is 269 g/mol. The van der Waals surface area contributed by atoms with E-state index in [9.17, 15) is 8.42 Å². The van der Waals surface area contributed by atoms with Gasteiger partial charge < -0.3 is 5.32 Å². The molecule has 1 aromatic rings. The fraction of sp³-hybridized carbons (Fsp3) is 0.667. The molecule has 2 rings (SSSR count). The highest BCUT2D eigenvalue weighted by atomic mass is 32.2. The van der Waals surface area contributed by atoms with Gasteiger partial charge in [-0.1, -0.05) is 0 Å². The van der Waals surface area contributed by atoms with Gasteiger partial charge in [-0.2, -0.15) is 0 Å². The Balaban J connectivity index is 2.15. The number of aryl methyl sites for hydroxylation is 1. The van der Waals surface area contributed by atoms with Gasteiger partial charge in [0.25, 0.3) is 0 Å². The zero-order valence-corrected chi connectivity index (χ0v) is 11.6. The average Bonchev–Trinajstić information content (AvgIpc) is 2.27. The summed E-state index contributed by atoms with van der Waals surface area (Å²) in [6, 6.07) is 0. The van der Waals surface area contributed by atoms with Crippen molar-refractivity contribution in [2.24, 2.45) is 5.92 Å². The normalized spacial score (nSPS) is 19.6. The third-order valence-electron chi connectivity index (χ3n) is 3.19. The highest BCUT2D eigenvalue weighted by molar-refractivity contribution is 7.89. The van der Waals surface area contributed by atoms with Crippen molar-refractivity contribution in [3.05, 3.63) is 23.3 Å².